The van der Waals surface area contributed by atoms with Gasteiger partial charge < -0.3 is 40.7 Å². The molecular formula is C21H33N7O8. The minimum atomic E-state index is -2.27. The maximum Gasteiger partial charge on any atom is 0.335 e. The van der Waals surface area contributed by atoms with Gasteiger partial charge in [-0.3, -0.25) is 5.32 Å². The van der Waals surface area contributed by atoms with Gasteiger partial charge in [0.25, 0.3) is 5.95 Å². The smallest absolute Gasteiger partial charge is 0.335 e. The van der Waals surface area contributed by atoms with E-state index in [0.717, 1.165) is 18.7 Å². The molecule has 2 atom stereocenters. The predicted octanol–water partition coefficient (Wildman–Crippen LogP) is -0.614. The van der Waals surface area contributed by atoms with Crippen molar-refractivity contribution >= 4 is 29.9 Å². The van der Waals surface area contributed by atoms with Crippen LogP contribution in [0.4, 0.5) is 16.7 Å². The molecule has 0 spiro atoms. The molecule has 0 saturated carbocycles. The van der Waals surface area contributed by atoms with E-state index in [9.17, 15) is 14.4 Å². The first-order chi connectivity index (χ1) is 16.9. The standard InChI is InChI=1S/C17H27N7O2.C4H6O6/c1-18-17(25)21-15-20-16(24(4)22-15)19-9-6-10-26-14-8-5-7-13(11-14)12-23(2)3;5-1(3(7)8)2(6)4(9)10/h5,7-8,11H,6,9-10,12H2,1-4H3,(H3,18,19,20,21,22,25);1-2,5-6H,(H,7,8)(H,9,10). The Morgan fingerprint density at radius 1 is 1.14 bits per heavy atom. The first-order valence-electron chi connectivity index (χ1n) is 10.8. The van der Waals surface area contributed by atoms with Crippen LogP contribution in [-0.4, -0.2) is 105 Å². The van der Waals surface area contributed by atoms with Gasteiger partial charge in [0, 0.05) is 27.2 Å². The van der Waals surface area contributed by atoms with Crippen molar-refractivity contribution in [2.75, 3.05) is 44.9 Å². The fourth-order valence-corrected chi connectivity index (χ4v) is 2.59. The average Bonchev–Trinajstić information content (AvgIpc) is 3.16. The molecule has 2 amide bonds. The quantitative estimate of drug-likeness (QED) is 0.178. The molecule has 0 aliphatic heterocycles. The number of hydrogen-bond acceptors (Lipinski definition) is 10. The van der Waals surface area contributed by atoms with Gasteiger partial charge in [-0.2, -0.15) is 4.98 Å². The molecule has 1 aromatic heterocycles. The lowest BCUT2D eigenvalue weighted by molar-refractivity contribution is -0.165. The van der Waals surface area contributed by atoms with Crippen LogP contribution in [0.25, 0.3) is 0 Å². The van der Waals surface area contributed by atoms with Crippen LogP contribution in [0.3, 0.4) is 0 Å². The first kappa shape index (κ1) is 30.1. The first-order valence-corrected chi connectivity index (χ1v) is 10.8. The number of nitrogens with zero attached hydrogens (tertiary/aromatic N) is 4. The largest absolute Gasteiger partial charge is 0.494 e. The highest BCUT2D eigenvalue weighted by Gasteiger charge is 2.29. The second kappa shape index (κ2) is 15.1. The van der Waals surface area contributed by atoms with Crippen LogP contribution < -0.4 is 20.7 Å². The van der Waals surface area contributed by atoms with E-state index in [4.69, 9.17) is 25.2 Å². The third-order valence-corrected chi connectivity index (χ3v) is 4.29. The van der Waals surface area contributed by atoms with E-state index < -0.39 is 24.1 Å². The number of amides is 2. The Kier molecular flexibility index (Phi) is 12.6. The summed E-state index contributed by atoms with van der Waals surface area (Å²) < 4.78 is 7.38. The maximum atomic E-state index is 11.3. The zero-order valence-corrected chi connectivity index (χ0v) is 20.5. The number of urea groups is 1. The van der Waals surface area contributed by atoms with Crippen LogP contribution in [0.15, 0.2) is 24.3 Å². The second-order valence-corrected chi connectivity index (χ2v) is 7.67. The van der Waals surface area contributed by atoms with E-state index in [2.05, 4.69) is 43.1 Å². The van der Waals surface area contributed by atoms with Gasteiger partial charge >= 0.3 is 18.0 Å². The number of aromatic nitrogens is 3. The van der Waals surface area contributed by atoms with Gasteiger partial charge in [0.2, 0.25) is 5.95 Å². The van der Waals surface area contributed by atoms with Crippen molar-refractivity contribution in [3.63, 3.8) is 0 Å². The van der Waals surface area contributed by atoms with Gasteiger partial charge in [-0.05, 0) is 38.2 Å². The van der Waals surface area contributed by atoms with Gasteiger partial charge in [0.15, 0.2) is 12.2 Å². The highest BCUT2D eigenvalue weighted by Crippen LogP contribution is 2.14. The number of carboxylic acid groups (broad SMARTS) is 2. The Morgan fingerprint density at radius 2 is 1.78 bits per heavy atom. The lowest BCUT2D eigenvalue weighted by Gasteiger charge is -2.12. The molecule has 2 unspecified atom stereocenters. The van der Waals surface area contributed by atoms with Crippen molar-refractivity contribution in [2.45, 2.75) is 25.2 Å². The minimum Gasteiger partial charge on any atom is -0.494 e. The molecule has 15 heteroatoms. The number of carbonyl (C=O) groups excluding carboxylic acids is 1. The van der Waals surface area contributed by atoms with Crippen molar-refractivity contribution in [1.29, 1.82) is 0 Å². The summed E-state index contributed by atoms with van der Waals surface area (Å²) in [6, 6.07) is 7.77. The van der Waals surface area contributed by atoms with E-state index >= 15 is 0 Å². The van der Waals surface area contributed by atoms with Crippen LogP contribution in [0, 0.1) is 0 Å². The van der Waals surface area contributed by atoms with E-state index in [1.165, 1.54) is 12.6 Å². The molecule has 1 aromatic carbocycles. The number of hydrogen-bond donors (Lipinski definition) is 7. The molecule has 2 aromatic rings. The van der Waals surface area contributed by atoms with Crippen molar-refractivity contribution < 1.29 is 39.5 Å². The number of aliphatic hydroxyl groups is 2. The molecule has 200 valence electrons. The van der Waals surface area contributed by atoms with Gasteiger partial charge in [-0.25, -0.2) is 19.1 Å². The SMILES string of the molecule is CNC(=O)Nc1nc(NCCCOc2cccc(CN(C)C)c2)n(C)n1.O=C(O)C(O)C(O)C(=O)O. The van der Waals surface area contributed by atoms with E-state index in [1.807, 2.05) is 26.2 Å². The molecule has 0 aliphatic rings. The van der Waals surface area contributed by atoms with Crippen molar-refractivity contribution in [2.24, 2.45) is 7.05 Å². The lowest BCUT2D eigenvalue weighted by Crippen LogP contribution is -2.39. The Balaban J connectivity index is 0.000000548. The summed E-state index contributed by atoms with van der Waals surface area (Å²) in [7, 11) is 7.38. The number of benzene rings is 1. The number of anilines is 2. The maximum absolute atomic E-state index is 11.3. The molecule has 0 bridgehead atoms. The highest BCUT2D eigenvalue weighted by molar-refractivity contribution is 5.87. The Hall–Kier alpha value is -3.95. The Bertz CT molecular complexity index is 980. The molecule has 1 heterocycles. The number of aryl methyl sites for hydroxylation is 1. The summed E-state index contributed by atoms with van der Waals surface area (Å²) in [5.74, 6) is -1.82. The van der Waals surface area contributed by atoms with Gasteiger partial charge in [-0.1, -0.05) is 12.1 Å². The van der Waals surface area contributed by atoms with Crippen molar-refractivity contribution in [3.8, 4) is 5.75 Å². The van der Waals surface area contributed by atoms with Gasteiger partial charge in [0.05, 0.1) is 6.61 Å². The van der Waals surface area contributed by atoms with E-state index in [0.29, 0.717) is 19.1 Å². The van der Waals surface area contributed by atoms with Crippen LogP contribution in [0.1, 0.15) is 12.0 Å². The van der Waals surface area contributed by atoms with Crippen LogP contribution >= 0.6 is 0 Å². The predicted molar refractivity (Wildman–Crippen MR) is 129 cm³/mol. The summed E-state index contributed by atoms with van der Waals surface area (Å²) in [4.78, 5) is 37.1. The molecular weight excluding hydrogens is 478 g/mol. The molecule has 36 heavy (non-hydrogen) atoms. The van der Waals surface area contributed by atoms with E-state index in [-0.39, 0.29) is 12.0 Å². The highest BCUT2D eigenvalue weighted by atomic mass is 16.5. The average molecular weight is 512 g/mol. The van der Waals surface area contributed by atoms with Crippen molar-refractivity contribution in [3.05, 3.63) is 29.8 Å². The molecule has 15 nitrogen and oxygen atoms in total. The Labute approximate surface area is 207 Å². The van der Waals surface area contributed by atoms with Crippen molar-refractivity contribution in [1.82, 2.24) is 25.0 Å². The zero-order chi connectivity index (χ0) is 27.3. The monoisotopic (exact) mass is 511 g/mol. The molecule has 7 N–H and O–H groups in total. The summed E-state index contributed by atoms with van der Waals surface area (Å²) >= 11 is 0. The summed E-state index contributed by atoms with van der Waals surface area (Å²) in [5.41, 5.74) is 1.22. The second-order valence-electron chi connectivity index (χ2n) is 7.67. The molecule has 0 saturated heterocycles. The fourth-order valence-electron chi connectivity index (χ4n) is 2.59. The van der Waals surface area contributed by atoms with Crippen LogP contribution in [-0.2, 0) is 23.2 Å². The number of aliphatic carboxylic acids is 2. The normalized spacial score (nSPS) is 12.1. The minimum absolute atomic E-state index is 0.253. The van der Waals surface area contributed by atoms with E-state index in [1.54, 1.807) is 11.7 Å². The molecule has 0 fully saturated rings. The summed E-state index contributed by atoms with van der Waals surface area (Å²) in [6.45, 7) is 2.17. The number of nitrogens with one attached hydrogen (secondary N) is 3. The van der Waals surface area contributed by atoms with Gasteiger partial charge in [-0.15, -0.1) is 5.10 Å². The number of carboxylic acids is 2. The third kappa shape index (κ3) is 11.0. The number of rotatable bonds is 12. The summed E-state index contributed by atoms with van der Waals surface area (Å²) in [5, 5.41) is 44.8. The fraction of sp³-hybridized carbons (Fsp3) is 0.476. The Morgan fingerprint density at radius 3 is 2.33 bits per heavy atom. The van der Waals surface area contributed by atoms with Crippen LogP contribution in [0.2, 0.25) is 0 Å². The topological polar surface area (TPSA) is 211 Å². The van der Waals surface area contributed by atoms with Gasteiger partial charge in [0.1, 0.15) is 5.75 Å². The number of ether oxygens (including phenoxy) is 1. The number of aliphatic hydroxyl groups excluding tert-OH is 2. The summed E-state index contributed by atoms with van der Waals surface area (Å²) in [6.07, 6.45) is -3.72. The molecule has 0 radical (unpaired) electrons. The lowest BCUT2D eigenvalue weighted by atomic mass is 10.2. The third-order valence-electron chi connectivity index (χ3n) is 4.29. The van der Waals surface area contributed by atoms with Crippen LogP contribution in [0.5, 0.6) is 5.75 Å². The number of carbonyl (C=O) groups is 3. The molecule has 0 aliphatic carbocycles. The zero-order valence-electron chi connectivity index (χ0n) is 20.5. The molecule has 2 rings (SSSR count).